The van der Waals surface area contributed by atoms with Crippen LogP contribution in [0.4, 0.5) is 0 Å². The van der Waals surface area contributed by atoms with Crippen molar-refractivity contribution in [1.82, 2.24) is 9.47 Å². The Labute approximate surface area is 205 Å². The lowest BCUT2D eigenvalue weighted by molar-refractivity contribution is -0.0536. The molecule has 2 rings (SSSR count). The average Bonchev–Trinajstić information content (AvgIpc) is 3.00. The van der Waals surface area contributed by atoms with E-state index in [1.54, 1.807) is 0 Å². The maximum atomic E-state index is 11.8. The van der Waals surface area contributed by atoms with E-state index in [9.17, 15) is 38.7 Å². The highest BCUT2D eigenvalue weighted by molar-refractivity contribution is 7.66. The van der Waals surface area contributed by atoms with Crippen molar-refractivity contribution in [3.05, 3.63) is 28.7 Å². The summed E-state index contributed by atoms with van der Waals surface area (Å²) < 4.78 is 50.8. The number of phosphoric ester groups is 1. The van der Waals surface area contributed by atoms with E-state index in [4.69, 9.17) is 19.4 Å². The molecule has 2 heterocycles. The first kappa shape index (κ1) is 33.0. The van der Waals surface area contributed by atoms with Gasteiger partial charge in [0.05, 0.1) is 6.61 Å². The van der Waals surface area contributed by atoms with Gasteiger partial charge in [-0.15, -0.1) is 0 Å². The molecule has 1 aromatic heterocycles. The molecule has 36 heavy (non-hydrogen) atoms. The van der Waals surface area contributed by atoms with Gasteiger partial charge in [0.15, 0.2) is 6.23 Å². The highest BCUT2D eigenvalue weighted by atomic mass is 31.3. The number of aliphatic hydroxyl groups is 2. The van der Waals surface area contributed by atoms with Gasteiger partial charge in [-0.2, -0.15) is 8.62 Å². The van der Waals surface area contributed by atoms with Gasteiger partial charge in [0, 0.05) is 12.3 Å². The van der Waals surface area contributed by atoms with E-state index in [1.807, 2.05) is 0 Å². The van der Waals surface area contributed by atoms with Crippen molar-refractivity contribution in [2.24, 2.45) is 0 Å². The van der Waals surface area contributed by atoms with Crippen LogP contribution in [0.2, 0.25) is 0 Å². The SMILES string of the molecule is CCN(CC)CC.O=c1cc(O)ccn1[C@@H]1O[C@H](COP(=O)(O)OP(=O)(O)OP(=O)(O)O)[C@@H](O)[C@H]1O. The minimum absolute atomic E-state index is 0.372. The van der Waals surface area contributed by atoms with Crippen molar-refractivity contribution in [3.63, 3.8) is 0 Å². The van der Waals surface area contributed by atoms with Crippen LogP contribution in [0.1, 0.15) is 27.0 Å². The van der Waals surface area contributed by atoms with Crippen LogP contribution in [0.15, 0.2) is 23.1 Å². The summed E-state index contributed by atoms with van der Waals surface area (Å²) in [5.74, 6) is -0.372. The Morgan fingerprint density at radius 2 is 1.53 bits per heavy atom. The first-order valence-electron chi connectivity index (χ1n) is 10.4. The van der Waals surface area contributed by atoms with Gasteiger partial charge in [0.1, 0.15) is 24.1 Å². The lowest BCUT2D eigenvalue weighted by Gasteiger charge is -2.19. The first-order valence-corrected chi connectivity index (χ1v) is 14.9. The Morgan fingerprint density at radius 1 is 0.972 bits per heavy atom. The van der Waals surface area contributed by atoms with E-state index >= 15 is 0 Å². The molecule has 0 radical (unpaired) electrons. The largest absolute Gasteiger partial charge is 0.508 e. The van der Waals surface area contributed by atoms with Crippen LogP contribution in [0, 0.1) is 0 Å². The van der Waals surface area contributed by atoms with Gasteiger partial charge < -0.3 is 44.5 Å². The Bertz CT molecular complexity index is 1040. The molecule has 0 spiro atoms. The molecule has 210 valence electrons. The second-order valence-electron chi connectivity index (χ2n) is 7.18. The average molecular weight is 584 g/mol. The molecule has 2 unspecified atom stereocenters. The monoisotopic (exact) mass is 584 g/mol. The normalized spacial score (nSPS) is 25.6. The Kier molecular flexibility index (Phi) is 12.6. The van der Waals surface area contributed by atoms with Gasteiger partial charge in [0.2, 0.25) is 0 Å². The number of pyridine rings is 1. The predicted octanol–water partition coefficient (Wildman–Crippen LogP) is -0.136. The number of hydrogen-bond acceptors (Lipinski definition) is 12. The summed E-state index contributed by atoms with van der Waals surface area (Å²) in [5, 5.41) is 29.2. The van der Waals surface area contributed by atoms with Crippen molar-refractivity contribution >= 4 is 23.5 Å². The Hall–Kier alpha value is -1.00. The van der Waals surface area contributed by atoms with Gasteiger partial charge in [-0.05, 0) is 25.7 Å². The summed E-state index contributed by atoms with van der Waals surface area (Å²) in [6.07, 6.45) is -5.45. The predicted molar refractivity (Wildman–Crippen MR) is 122 cm³/mol. The van der Waals surface area contributed by atoms with E-state index in [0.29, 0.717) is 0 Å². The summed E-state index contributed by atoms with van der Waals surface area (Å²) in [4.78, 5) is 49.5. The number of aliphatic hydroxyl groups excluding tert-OH is 2. The van der Waals surface area contributed by atoms with Gasteiger partial charge >= 0.3 is 23.5 Å². The molecule has 0 bridgehead atoms. The molecule has 0 aliphatic carbocycles. The van der Waals surface area contributed by atoms with Crippen molar-refractivity contribution in [1.29, 1.82) is 0 Å². The fourth-order valence-electron chi connectivity index (χ4n) is 2.93. The van der Waals surface area contributed by atoms with Crippen LogP contribution >= 0.6 is 23.5 Å². The van der Waals surface area contributed by atoms with E-state index < -0.39 is 60.2 Å². The molecule has 1 aliphatic rings. The van der Waals surface area contributed by atoms with Crippen LogP contribution in [-0.2, 0) is 31.6 Å². The van der Waals surface area contributed by atoms with Crippen molar-refractivity contribution < 1.29 is 66.5 Å². The van der Waals surface area contributed by atoms with Crippen LogP contribution in [0.25, 0.3) is 0 Å². The van der Waals surface area contributed by atoms with Gasteiger partial charge in [-0.1, -0.05) is 20.8 Å². The standard InChI is InChI=1S/C10H16NO15P3.C6H15N/c12-5-1-2-11(7(13)3-5)10-9(15)8(14)6(24-10)4-23-28(19,20)26-29(21,22)25-27(16,17)18;1-4-7(5-2)6-3/h1-3,6,8-10,12,14-15H,4H2,(H,19,20)(H,21,22)(H2,16,17,18);4-6H2,1-3H3/t6-,8-,9-,10-;/m1./s1. The molecule has 20 heteroatoms. The Morgan fingerprint density at radius 3 is 1.97 bits per heavy atom. The molecule has 0 amide bonds. The highest BCUT2D eigenvalue weighted by Gasteiger charge is 2.46. The lowest BCUT2D eigenvalue weighted by Crippen LogP contribution is -2.35. The lowest BCUT2D eigenvalue weighted by atomic mass is 10.1. The fraction of sp³-hybridized carbons (Fsp3) is 0.688. The summed E-state index contributed by atoms with van der Waals surface area (Å²) in [6, 6.07) is 1.88. The number of aromatic nitrogens is 1. The smallest absolute Gasteiger partial charge is 0.490 e. The molecule has 1 aliphatic heterocycles. The second kappa shape index (κ2) is 13.7. The molecular formula is C16H31N2O15P3. The molecule has 1 aromatic rings. The Balaban J connectivity index is 0.000000809. The quantitative estimate of drug-likeness (QED) is 0.167. The van der Waals surface area contributed by atoms with Gasteiger partial charge in [0.25, 0.3) is 5.56 Å². The number of rotatable bonds is 11. The van der Waals surface area contributed by atoms with Gasteiger partial charge in [-0.25, -0.2) is 13.7 Å². The summed E-state index contributed by atoms with van der Waals surface area (Å²) in [6.45, 7) is 9.10. The molecule has 17 nitrogen and oxygen atoms in total. The maximum Gasteiger partial charge on any atom is 0.490 e. The molecule has 1 fully saturated rings. The highest BCUT2D eigenvalue weighted by Crippen LogP contribution is 2.66. The van der Waals surface area contributed by atoms with Crippen molar-refractivity contribution in [2.45, 2.75) is 45.3 Å². The maximum absolute atomic E-state index is 11.8. The van der Waals surface area contributed by atoms with Crippen LogP contribution in [-0.4, -0.2) is 88.9 Å². The fourth-order valence-corrected chi connectivity index (χ4v) is 5.96. The zero-order chi connectivity index (χ0) is 27.9. The zero-order valence-electron chi connectivity index (χ0n) is 19.5. The molecule has 0 aromatic carbocycles. The minimum atomic E-state index is -5.72. The molecule has 1 saturated heterocycles. The van der Waals surface area contributed by atoms with E-state index in [2.05, 4.69) is 38.8 Å². The van der Waals surface area contributed by atoms with Crippen LogP contribution in [0.3, 0.4) is 0 Å². The van der Waals surface area contributed by atoms with Crippen molar-refractivity contribution in [3.8, 4) is 5.75 Å². The molecule has 0 saturated carbocycles. The van der Waals surface area contributed by atoms with Crippen LogP contribution < -0.4 is 5.56 Å². The zero-order valence-corrected chi connectivity index (χ0v) is 22.2. The number of aromatic hydroxyl groups is 1. The minimum Gasteiger partial charge on any atom is -0.508 e. The molecule has 6 atom stereocenters. The number of hydrogen-bond donors (Lipinski definition) is 7. The number of nitrogens with zero attached hydrogens (tertiary/aromatic N) is 2. The summed E-state index contributed by atoms with van der Waals surface area (Å²) >= 11 is 0. The summed E-state index contributed by atoms with van der Waals surface area (Å²) in [7, 11) is -16.7. The second-order valence-corrected chi connectivity index (χ2v) is 11.6. The topological polar surface area (TPSA) is 255 Å². The van der Waals surface area contributed by atoms with E-state index in [1.165, 1.54) is 19.6 Å². The van der Waals surface area contributed by atoms with E-state index in [0.717, 1.165) is 22.9 Å². The third-order valence-electron chi connectivity index (χ3n) is 4.70. The number of phosphoric acid groups is 3. The molecular weight excluding hydrogens is 553 g/mol. The van der Waals surface area contributed by atoms with Crippen molar-refractivity contribution in [2.75, 3.05) is 26.2 Å². The van der Waals surface area contributed by atoms with E-state index in [-0.39, 0.29) is 5.75 Å². The number of ether oxygens (including phenoxy) is 1. The molecule has 7 N–H and O–H groups in total. The third kappa shape index (κ3) is 10.8. The third-order valence-corrected chi connectivity index (χ3v) is 8.51. The van der Waals surface area contributed by atoms with Gasteiger partial charge in [-0.3, -0.25) is 13.9 Å². The van der Waals surface area contributed by atoms with Crippen LogP contribution in [0.5, 0.6) is 5.75 Å². The first-order chi connectivity index (χ1) is 16.4. The summed E-state index contributed by atoms with van der Waals surface area (Å²) in [5.41, 5.74) is -0.810.